The van der Waals surface area contributed by atoms with Gasteiger partial charge >= 0.3 is 0 Å². The van der Waals surface area contributed by atoms with Gasteiger partial charge in [0, 0.05) is 5.56 Å². The number of carbonyl (C=O) groups excluding carboxylic acids is 1. The van der Waals surface area contributed by atoms with Crippen molar-refractivity contribution in [1.82, 2.24) is 0 Å². The third kappa shape index (κ3) is 2.08. The Kier molecular flexibility index (Phi) is 2.71. The van der Waals surface area contributed by atoms with Crippen LogP contribution in [0.4, 0.5) is 0 Å². The second-order valence-electron chi connectivity index (χ2n) is 3.59. The molecule has 0 radical (unpaired) electrons. The van der Waals surface area contributed by atoms with Gasteiger partial charge in [0.2, 0.25) is 5.91 Å². The van der Waals surface area contributed by atoms with E-state index in [0.29, 0.717) is 11.5 Å². The number of hydrogen-bond donors (Lipinski definition) is 1. The third-order valence-corrected chi connectivity index (χ3v) is 2.19. The summed E-state index contributed by atoms with van der Waals surface area (Å²) in [5.74, 6) is 0.0706. The van der Waals surface area contributed by atoms with Crippen molar-refractivity contribution in [2.24, 2.45) is 5.73 Å². The predicted octanol–water partition coefficient (Wildman–Crippen LogP) is 2.22. The maximum absolute atomic E-state index is 10.9. The molecular formula is C11H15NO. The van der Waals surface area contributed by atoms with Gasteiger partial charge in [0.25, 0.3) is 0 Å². The fraction of sp³-hybridized carbons (Fsp3) is 0.364. The highest BCUT2D eigenvalue weighted by molar-refractivity contribution is 5.93. The number of amides is 1. The molecule has 0 aliphatic rings. The first-order chi connectivity index (χ1) is 6.02. The van der Waals surface area contributed by atoms with E-state index >= 15 is 0 Å². The van der Waals surface area contributed by atoms with Crippen molar-refractivity contribution in [3.8, 4) is 0 Å². The highest BCUT2D eigenvalue weighted by Crippen LogP contribution is 2.19. The molecule has 0 atom stereocenters. The van der Waals surface area contributed by atoms with Gasteiger partial charge in [0.1, 0.15) is 0 Å². The molecule has 0 spiro atoms. The van der Waals surface area contributed by atoms with E-state index in [2.05, 4.69) is 13.8 Å². The lowest BCUT2D eigenvalue weighted by atomic mass is 9.96. The van der Waals surface area contributed by atoms with Crippen molar-refractivity contribution < 1.29 is 4.79 Å². The lowest BCUT2D eigenvalue weighted by Gasteiger charge is -2.10. The van der Waals surface area contributed by atoms with E-state index in [-0.39, 0.29) is 5.91 Å². The summed E-state index contributed by atoms with van der Waals surface area (Å²) < 4.78 is 0. The van der Waals surface area contributed by atoms with E-state index in [4.69, 9.17) is 5.73 Å². The monoisotopic (exact) mass is 177 g/mol. The van der Waals surface area contributed by atoms with Gasteiger partial charge in [0.05, 0.1) is 0 Å². The van der Waals surface area contributed by atoms with Crippen molar-refractivity contribution >= 4 is 5.91 Å². The van der Waals surface area contributed by atoms with E-state index < -0.39 is 0 Å². The van der Waals surface area contributed by atoms with E-state index in [1.807, 2.05) is 19.1 Å². The fourth-order valence-electron chi connectivity index (χ4n) is 1.42. The molecule has 2 heteroatoms. The van der Waals surface area contributed by atoms with Crippen LogP contribution in [0, 0.1) is 6.92 Å². The maximum atomic E-state index is 10.9. The second kappa shape index (κ2) is 3.60. The van der Waals surface area contributed by atoms with Gasteiger partial charge in [-0.05, 0) is 36.1 Å². The van der Waals surface area contributed by atoms with Gasteiger partial charge in [-0.1, -0.05) is 19.9 Å². The Morgan fingerprint density at radius 3 is 2.46 bits per heavy atom. The summed E-state index contributed by atoms with van der Waals surface area (Å²) in [6, 6.07) is 5.58. The number of nitrogens with two attached hydrogens (primary N) is 1. The summed E-state index contributed by atoms with van der Waals surface area (Å²) in [6.45, 7) is 6.25. The van der Waals surface area contributed by atoms with Crippen LogP contribution >= 0.6 is 0 Å². The Hall–Kier alpha value is -1.31. The average Bonchev–Trinajstić information content (AvgIpc) is 2.04. The molecule has 2 N–H and O–H groups in total. The number of primary amides is 1. The quantitative estimate of drug-likeness (QED) is 0.739. The SMILES string of the molecule is Cc1ccc(C(N)=O)cc1C(C)C. The minimum absolute atomic E-state index is 0.359. The van der Waals surface area contributed by atoms with E-state index in [0.717, 1.165) is 0 Å². The molecular weight excluding hydrogens is 162 g/mol. The van der Waals surface area contributed by atoms with Gasteiger partial charge < -0.3 is 5.73 Å². The van der Waals surface area contributed by atoms with Crippen LogP contribution in [0.5, 0.6) is 0 Å². The van der Waals surface area contributed by atoms with Gasteiger partial charge in [-0.25, -0.2) is 0 Å². The number of rotatable bonds is 2. The van der Waals surface area contributed by atoms with Crippen molar-refractivity contribution in [3.05, 3.63) is 34.9 Å². The summed E-state index contributed by atoms with van der Waals surface area (Å²) in [6.07, 6.45) is 0. The minimum atomic E-state index is -0.359. The second-order valence-corrected chi connectivity index (χ2v) is 3.59. The molecule has 0 aliphatic carbocycles. The summed E-state index contributed by atoms with van der Waals surface area (Å²) >= 11 is 0. The standard InChI is InChI=1S/C11H15NO/c1-7(2)10-6-9(11(12)13)5-4-8(10)3/h4-7H,1-3H3,(H2,12,13). The first kappa shape index (κ1) is 9.78. The highest BCUT2D eigenvalue weighted by Gasteiger charge is 2.06. The molecule has 0 saturated carbocycles. The number of benzene rings is 1. The van der Waals surface area contributed by atoms with E-state index in [1.165, 1.54) is 11.1 Å². The molecule has 13 heavy (non-hydrogen) atoms. The van der Waals surface area contributed by atoms with Gasteiger partial charge in [-0.3, -0.25) is 4.79 Å². The van der Waals surface area contributed by atoms with Crippen LogP contribution in [-0.4, -0.2) is 5.91 Å². The van der Waals surface area contributed by atoms with Crippen molar-refractivity contribution in [1.29, 1.82) is 0 Å². The van der Waals surface area contributed by atoms with Gasteiger partial charge in [0.15, 0.2) is 0 Å². The molecule has 0 unspecified atom stereocenters. The average molecular weight is 177 g/mol. The van der Waals surface area contributed by atoms with Crippen LogP contribution in [-0.2, 0) is 0 Å². The molecule has 2 nitrogen and oxygen atoms in total. The highest BCUT2D eigenvalue weighted by atomic mass is 16.1. The zero-order valence-electron chi connectivity index (χ0n) is 8.29. The van der Waals surface area contributed by atoms with Crippen LogP contribution in [0.1, 0.15) is 41.3 Å². The zero-order valence-corrected chi connectivity index (χ0v) is 8.29. The lowest BCUT2D eigenvalue weighted by molar-refractivity contribution is 0.1000. The molecule has 0 saturated heterocycles. The number of aryl methyl sites for hydroxylation is 1. The molecule has 1 amide bonds. The lowest BCUT2D eigenvalue weighted by Crippen LogP contribution is -2.11. The van der Waals surface area contributed by atoms with Crippen LogP contribution < -0.4 is 5.73 Å². The summed E-state index contributed by atoms with van der Waals surface area (Å²) in [7, 11) is 0. The van der Waals surface area contributed by atoms with Crippen molar-refractivity contribution in [2.45, 2.75) is 26.7 Å². The van der Waals surface area contributed by atoms with Crippen LogP contribution in [0.25, 0.3) is 0 Å². The first-order valence-corrected chi connectivity index (χ1v) is 4.42. The van der Waals surface area contributed by atoms with Crippen LogP contribution in [0.2, 0.25) is 0 Å². The molecule has 0 aromatic heterocycles. The summed E-state index contributed by atoms with van der Waals surface area (Å²) in [4.78, 5) is 10.9. The van der Waals surface area contributed by atoms with Crippen molar-refractivity contribution in [3.63, 3.8) is 0 Å². The van der Waals surface area contributed by atoms with E-state index in [1.54, 1.807) is 6.07 Å². The zero-order chi connectivity index (χ0) is 10.0. The van der Waals surface area contributed by atoms with Crippen LogP contribution in [0.15, 0.2) is 18.2 Å². The maximum Gasteiger partial charge on any atom is 0.248 e. The normalized spacial score (nSPS) is 10.5. The third-order valence-electron chi connectivity index (χ3n) is 2.19. The predicted molar refractivity (Wildman–Crippen MR) is 53.8 cm³/mol. The number of hydrogen-bond acceptors (Lipinski definition) is 1. The molecule has 0 aliphatic heterocycles. The largest absolute Gasteiger partial charge is 0.366 e. The fourth-order valence-corrected chi connectivity index (χ4v) is 1.42. The molecule has 0 heterocycles. The topological polar surface area (TPSA) is 43.1 Å². The Balaban J connectivity index is 3.19. The van der Waals surface area contributed by atoms with Crippen LogP contribution in [0.3, 0.4) is 0 Å². The smallest absolute Gasteiger partial charge is 0.248 e. The molecule has 0 fully saturated rings. The Labute approximate surface area is 78.8 Å². The van der Waals surface area contributed by atoms with Gasteiger partial charge in [-0.15, -0.1) is 0 Å². The molecule has 70 valence electrons. The minimum Gasteiger partial charge on any atom is -0.366 e. The Morgan fingerprint density at radius 1 is 1.38 bits per heavy atom. The molecule has 1 rings (SSSR count). The molecule has 0 bridgehead atoms. The Bertz CT molecular complexity index is 329. The summed E-state index contributed by atoms with van der Waals surface area (Å²) in [5.41, 5.74) is 8.19. The first-order valence-electron chi connectivity index (χ1n) is 4.42. The van der Waals surface area contributed by atoms with Crippen molar-refractivity contribution in [2.75, 3.05) is 0 Å². The number of carbonyl (C=O) groups is 1. The molecule has 1 aromatic rings. The van der Waals surface area contributed by atoms with Gasteiger partial charge in [-0.2, -0.15) is 0 Å². The Morgan fingerprint density at radius 2 is 2.00 bits per heavy atom. The summed E-state index contributed by atoms with van der Waals surface area (Å²) in [5, 5.41) is 0. The molecule has 1 aromatic carbocycles. The van der Waals surface area contributed by atoms with E-state index in [9.17, 15) is 4.79 Å².